The number of nitrogens with one attached hydrogen (secondary N) is 1. The van der Waals surface area contributed by atoms with Crippen molar-refractivity contribution in [1.82, 2.24) is 9.79 Å². The molecule has 0 fully saturated rings. The van der Waals surface area contributed by atoms with E-state index < -0.39 is 21.8 Å². The molecule has 0 bridgehead atoms. The molecule has 0 spiro atoms. The second-order valence-electron chi connectivity index (χ2n) is 6.78. The van der Waals surface area contributed by atoms with Crippen LogP contribution < -0.4 is 4.72 Å². The first kappa shape index (κ1) is 22.6. The molecule has 1 unspecified atom stereocenters. The first-order valence-electron chi connectivity index (χ1n) is 9.50. The molecule has 0 aliphatic rings. The van der Waals surface area contributed by atoms with E-state index in [4.69, 9.17) is 0 Å². The van der Waals surface area contributed by atoms with E-state index in [9.17, 15) is 23.2 Å². The summed E-state index contributed by atoms with van der Waals surface area (Å²) in [5, 5.41) is 9.78. The average molecular weight is 419 g/mol. The number of hydrogen-bond acceptors (Lipinski definition) is 5. The molecule has 8 heteroatoms. The lowest BCUT2D eigenvalue weighted by Gasteiger charge is -2.19. The third kappa shape index (κ3) is 6.69. The van der Waals surface area contributed by atoms with Crippen LogP contribution in [0.25, 0.3) is 11.1 Å². The molecule has 2 amide bonds. The highest BCUT2D eigenvalue weighted by Gasteiger charge is 2.26. The van der Waals surface area contributed by atoms with Crippen LogP contribution in [0.3, 0.4) is 0 Å². The van der Waals surface area contributed by atoms with E-state index in [1.807, 2.05) is 37.3 Å². The summed E-state index contributed by atoms with van der Waals surface area (Å²) in [4.78, 5) is 23.2. The summed E-state index contributed by atoms with van der Waals surface area (Å²) in [6.45, 7) is 1.74. The van der Waals surface area contributed by atoms with Crippen molar-refractivity contribution in [2.75, 3.05) is 6.54 Å². The predicted molar refractivity (Wildman–Crippen MR) is 109 cm³/mol. The molecule has 1 atom stereocenters. The highest BCUT2D eigenvalue weighted by Crippen LogP contribution is 2.21. The van der Waals surface area contributed by atoms with Gasteiger partial charge in [-0.15, -0.1) is 0 Å². The third-order valence-electron chi connectivity index (χ3n) is 4.56. The molecule has 0 saturated heterocycles. The second kappa shape index (κ2) is 10.7. The third-order valence-corrected chi connectivity index (χ3v) is 5.93. The maximum Gasteiger partial charge on any atom is 0.264 e. The van der Waals surface area contributed by atoms with Crippen LogP contribution in [0.15, 0.2) is 59.5 Å². The van der Waals surface area contributed by atoms with E-state index in [0.29, 0.717) is 17.9 Å². The lowest BCUT2D eigenvalue weighted by Crippen LogP contribution is -2.40. The van der Waals surface area contributed by atoms with Crippen molar-refractivity contribution in [3.05, 3.63) is 54.6 Å². The molecular formula is C21H26N2O5S. The zero-order chi connectivity index (χ0) is 21.3. The molecule has 2 aromatic carbocycles. The molecule has 0 radical (unpaired) electrons. The molecule has 2 aromatic rings. The Morgan fingerprint density at radius 2 is 1.69 bits per heavy atom. The maximum absolute atomic E-state index is 12.6. The highest BCUT2D eigenvalue weighted by atomic mass is 32.2. The van der Waals surface area contributed by atoms with Gasteiger partial charge in [0.1, 0.15) is 0 Å². The summed E-state index contributed by atoms with van der Waals surface area (Å²) in [6, 6.07) is 15.7. The zero-order valence-electron chi connectivity index (χ0n) is 16.3. The van der Waals surface area contributed by atoms with Gasteiger partial charge in [-0.05, 0) is 29.7 Å². The smallest absolute Gasteiger partial charge is 0.264 e. The molecule has 0 aliphatic heterocycles. The Hall–Kier alpha value is -2.71. The normalized spacial score (nSPS) is 12.2. The minimum Gasteiger partial charge on any atom is -0.286 e. The summed E-state index contributed by atoms with van der Waals surface area (Å²) >= 11 is 0. The standard InChI is InChI=1S/C21H26N2O5S/c1-2-3-5-10-19(15-23(26)16-24)21(25)22-29(27,28)20-13-11-18(12-14-20)17-8-6-4-7-9-17/h4,6-9,11-14,16,19,26H,2-3,5,10,15H2,1H3,(H,22,25). The predicted octanol–water partition coefficient (Wildman–Crippen LogP) is 3.20. The monoisotopic (exact) mass is 418 g/mol. The lowest BCUT2D eigenvalue weighted by molar-refractivity contribution is -0.154. The van der Waals surface area contributed by atoms with Gasteiger partial charge in [0.05, 0.1) is 17.4 Å². The quantitative estimate of drug-likeness (QED) is 0.252. The summed E-state index contributed by atoms with van der Waals surface area (Å²) in [5.41, 5.74) is 1.81. The van der Waals surface area contributed by atoms with E-state index in [2.05, 4.69) is 4.72 Å². The van der Waals surface area contributed by atoms with Crippen molar-refractivity contribution >= 4 is 22.3 Å². The number of hydrogen-bond donors (Lipinski definition) is 2. The molecule has 7 nitrogen and oxygen atoms in total. The van der Waals surface area contributed by atoms with Crippen LogP contribution >= 0.6 is 0 Å². The number of carbonyl (C=O) groups is 2. The Labute approximate surface area is 171 Å². The fourth-order valence-electron chi connectivity index (χ4n) is 2.95. The number of rotatable bonds is 11. The molecule has 0 aromatic heterocycles. The van der Waals surface area contributed by atoms with Gasteiger partial charge in [0.15, 0.2) is 0 Å². The van der Waals surface area contributed by atoms with Crippen LogP contribution in [-0.2, 0) is 19.6 Å². The topological polar surface area (TPSA) is 104 Å². The first-order valence-corrected chi connectivity index (χ1v) is 11.0. The van der Waals surface area contributed by atoms with E-state index in [1.165, 1.54) is 12.1 Å². The number of hydroxylamine groups is 2. The SMILES string of the molecule is CCCCCC(CN(O)C=O)C(=O)NS(=O)(=O)c1ccc(-c2ccccc2)cc1. The van der Waals surface area contributed by atoms with Crippen LogP contribution in [0.2, 0.25) is 0 Å². The number of unbranched alkanes of at least 4 members (excludes halogenated alkanes) is 2. The Kier molecular flexibility index (Phi) is 8.35. The molecule has 2 rings (SSSR count). The van der Waals surface area contributed by atoms with Gasteiger partial charge in [-0.1, -0.05) is 68.7 Å². The maximum atomic E-state index is 12.6. The van der Waals surface area contributed by atoms with Gasteiger partial charge < -0.3 is 0 Å². The van der Waals surface area contributed by atoms with Crippen LogP contribution in [0.4, 0.5) is 0 Å². The second-order valence-corrected chi connectivity index (χ2v) is 8.46. The van der Waals surface area contributed by atoms with Gasteiger partial charge in [0.2, 0.25) is 12.3 Å². The first-order chi connectivity index (χ1) is 13.9. The fourth-order valence-corrected chi connectivity index (χ4v) is 3.99. The zero-order valence-corrected chi connectivity index (χ0v) is 17.1. The summed E-state index contributed by atoms with van der Waals surface area (Å²) < 4.78 is 27.3. The van der Waals surface area contributed by atoms with Crippen LogP contribution in [0.1, 0.15) is 32.6 Å². The molecule has 2 N–H and O–H groups in total. The lowest BCUT2D eigenvalue weighted by atomic mass is 10.0. The van der Waals surface area contributed by atoms with Gasteiger partial charge in [0.25, 0.3) is 10.0 Å². The molecule has 0 heterocycles. The molecule has 0 aliphatic carbocycles. The number of benzene rings is 2. The Bertz CT molecular complexity index is 898. The van der Waals surface area contributed by atoms with Gasteiger partial charge >= 0.3 is 0 Å². The van der Waals surface area contributed by atoms with Gasteiger partial charge in [-0.25, -0.2) is 18.2 Å². The number of amides is 2. The largest absolute Gasteiger partial charge is 0.286 e. The van der Waals surface area contributed by atoms with E-state index in [0.717, 1.165) is 24.0 Å². The molecular weight excluding hydrogens is 392 g/mol. The highest BCUT2D eigenvalue weighted by molar-refractivity contribution is 7.90. The average Bonchev–Trinajstić information content (AvgIpc) is 2.73. The van der Waals surface area contributed by atoms with Gasteiger partial charge in [0, 0.05) is 0 Å². The van der Waals surface area contributed by atoms with E-state index >= 15 is 0 Å². The van der Waals surface area contributed by atoms with E-state index in [-0.39, 0.29) is 17.9 Å². The number of nitrogens with zero attached hydrogens (tertiary/aromatic N) is 1. The number of sulfonamides is 1. The summed E-state index contributed by atoms with van der Waals surface area (Å²) in [6.07, 6.45) is 3.04. The van der Waals surface area contributed by atoms with Crippen molar-refractivity contribution in [3.8, 4) is 11.1 Å². The van der Waals surface area contributed by atoms with Gasteiger partial charge in [-0.2, -0.15) is 0 Å². The minimum absolute atomic E-state index is 0.0333. The van der Waals surface area contributed by atoms with Crippen molar-refractivity contribution < 1.29 is 23.2 Å². The Balaban J connectivity index is 2.12. The van der Waals surface area contributed by atoms with Crippen LogP contribution in [0.5, 0.6) is 0 Å². The van der Waals surface area contributed by atoms with E-state index in [1.54, 1.807) is 12.1 Å². The van der Waals surface area contributed by atoms with Gasteiger partial charge in [-0.3, -0.25) is 14.8 Å². The molecule has 29 heavy (non-hydrogen) atoms. The summed E-state index contributed by atoms with van der Waals surface area (Å²) in [7, 11) is -4.06. The van der Waals surface area contributed by atoms with Crippen molar-refractivity contribution in [3.63, 3.8) is 0 Å². The van der Waals surface area contributed by atoms with Crippen molar-refractivity contribution in [1.29, 1.82) is 0 Å². The van der Waals surface area contributed by atoms with Crippen molar-refractivity contribution in [2.45, 2.75) is 37.5 Å². The molecule has 156 valence electrons. The van der Waals surface area contributed by atoms with Crippen LogP contribution in [-0.4, -0.2) is 37.6 Å². The molecule has 0 saturated carbocycles. The Morgan fingerprint density at radius 3 is 2.28 bits per heavy atom. The summed E-state index contributed by atoms with van der Waals surface area (Å²) in [5.74, 6) is -1.57. The fraction of sp³-hybridized carbons (Fsp3) is 0.333. The van der Waals surface area contributed by atoms with Crippen LogP contribution in [0, 0.1) is 5.92 Å². The number of carbonyl (C=O) groups excluding carboxylic acids is 2. The van der Waals surface area contributed by atoms with Crippen molar-refractivity contribution in [2.24, 2.45) is 5.92 Å². The Morgan fingerprint density at radius 1 is 1.07 bits per heavy atom. The minimum atomic E-state index is -4.06.